The first-order chi connectivity index (χ1) is 22.2. The Labute approximate surface area is 268 Å². The van der Waals surface area contributed by atoms with E-state index in [0.717, 1.165) is 24.3 Å². The molecule has 2 fully saturated rings. The second kappa shape index (κ2) is 13.6. The summed E-state index contributed by atoms with van der Waals surface area (Å²) in [4.78, 5) is 32.9. The Morgan fingerprint density at radius 1 is 1.09 bits per heavy atom. The number of benzene rings is 2. The largest absolute Gasteiger partial charge is 0.481 e. The number of carboxylic acids is 1. The van der Waals surface area contributed by atoms with E-state index in [0.29, 0.717) is 24.5 Å². The topological polar surface area (TPSA) is 90.7 Å². The summed E-state index contributed by atoms with van der Waals surface area (Å²) in [5.41, 5.74) is -2.90. The zero-order valence-electron chi connectivity index (χ0n) is 26.0. The molecule has 0 saturated carbocycles. The molecule has 2 aromatic carbocycles. The molecule has 1 aromatic heterocycles. The molecule has 3 heterocycles. The maximum Gasteiger partial charge on any atom is 0.416 e. The number of alkyl halides is 4. The standard InChI is InChI=1S/C33H37F6N5O3/c1-3-24(4-2)44-18-26(25-8-7-23(34)16-27(25)35)32(36,19-44)30(47)41-31-40-11-14-43(31)17-21-5-6-22(33(37,38)39)15-28(21)42-12-9-20(10-13-42)29(45)46/h5-8,11,14-16,20,24,26H,3-4,9-10,12-13,17-19H2,1-2H3,(H,45,46)(H,40,41,47)/t26-,32-/m0/s1. The van der Waals surface area contributed by atoms with Crippen molar-refractivity contribution in [1.82, 2.24) is 14.5 Å². The van der Waals surface area contributed by atoms with Gasteiger partial charge in [-0.2, -0.15) is 13.2 Å². The average Bonchev–Trinajstić information content (AvgIpc) is 3.61. The van der Waals surface area contributed by atoms with Gasteiger partial charge in [0, 0.05) is 62.3 Å². The fourth-order valence-electron chi connectivity index (χ4n) is 6.78. The number of amides is 1. The molecular formula is C33H37F6N5O3. The zero-order valence-corrected chi connectivity index (χ0v) is 26.0. The number of carboxylic acid groups (broad SMARTS) is 1. The fourth-order valence-corrected chi connectivity index (χ4v) is 6.78. The number of rotatable bonds is 10. The normalized spacial score (nSPS) is 21.0. The van der Waals surface area contributed by atoms with Crippen LogP contribution in [0, 0.1) is 17.6 Å². The number of hydrogen-bond donors (Lipinski definition) is 2. The van der Waals surface area contributed by atoms with Crippen molar-refractivity contribution in [3.63, 3.8) is 0 Å². The number of likely N-dealkylation sites (tertiary alicyclic amines) is 1. The molecule has 2 aliphatic heterocycles. The molecule has 2 N–H and O–H groups in total. The number of aromatic nitrogens is 2. The lowest BCUT2D eigenvalue weighted by atomic mass is 9.85. The van der Waals surface area contributed by atoms with E-state index in [1.807, 2.05) is 13.8 Å². The van der Waals surface area contributed by atoms with Crippen LogP contribution in [0.5, 0.6) is 0 Å². The number of nitrogens with one attached hydrogen (secondary N) is 1. The van der Waals surface area contributed by atoms with Crippen molar-refractivity contribution in [2.75, 3.05) is 36.4 Å². The summed E-state index contributed by atoms with van der Waals surface area (Å²) in [7, 11) is 0. The number of carbonyl (C=O) groups is 2. The smallest absolute Gasteiger partial charge is 0.416 e. The lowest BCUT2D eigenvalue weighted by molar-refractivity contribution is -0.142. The maximum absolute atomic E-state index is 17.0. The van der Waals surface area contributed by atoms with E-state index in [2.05, 4.69) is 10.3 Å². The number of hydrogen-bond acceptors (Lipinski definition) is 5. The molecule has 3 aromatic rings. The molecule has 0 spiro atoms. The van der Waals surface area contributed by atoms with Gasteiger partial charge in [0.1, 0.15) is 11.6 Å². The third kappa shape index (κ3) is 7.12. The monoisotopic (exact) mass is 665 g/mol. The van der Waals surface area contributed by atoms with Crippen molar-refractivity contribution in [2.45, 2.75) is 69.9 Å². The lowest BCUT2D eigenvalue weighted by Crippen LogP contribution is -2.46. The van der Waals surface area contributed by atoms with Gasteiger partial charge in [0.15, 0.2) is 0 Å². The Morgan fingerprint density at radius 3 is 2.40 bits per heavy atom. The van der Waals surface area contributed by atoms with E-state index >= 15 is 4.39 Å². The predicted octanol–water partition coefficient (Wildman–Crippen LogP) is 6.46. The van der Waals surface area contributed by atoms with Crippen LogP contribution in [-0.4, -0.2) is 69.3 Å². The molecule has 2 atom stereocenters. The number of carbonyl (C=O) groups excluding carboxylic acids is 1. The summed E-state index contributed by atoms with van der Waals surface area (Å²) in [6.07, 6.45) is 0.0904. The molecule has 8 nitrogen and oxygen atoms in total. The maximum atomic E-state index is 17.0. The fraction of sp³-hybridized carbons (Fsp3) is 0.485. The molecular weight excluding hydrogens is 628 g/mol. The van der Waals surface area contributed by atoms with E-state index in [1.165, 1.54) is 23.0 Å². The molecule has 254 valence electrons. The van der Waals surface area contributed by atoms with Gasteiger partial charge in [0.2, 0.25) is 11.6 Å². The van der Waals surface area contributed by atoms with Crippen LogP contribution in [0.25, 0.3) is 0 Å². The van der Waals surface area contributed by atoms with Crippen LogP contribution in [0.2, 0.25) is 0 Å². The third-order valence-electron chi connectivity index (χ3n) is 9.46. The molecule has 2 saturated heterocycles. The second-order valence-corrected chi connectivity index (χ2v) is 12.3. The van der Waals surface area contributed by atoms with Gasteiger partial charge in [-0.1, -0.05) is 26.0 Å². The number of aliphatic carboxylic acids is 1. The van der Waals surface area contributed by atoms with Crippen LogP contribution in [0.4, 0.5) is 38.0 Å². The van der Waals surface area contributed by atoms with Gasteiger partial charge in [0.05, 0.1) is 18.0 Å². The van der Waals surface area contributed by atoms with Gasteiger partial charge in [-0.25, -0.2) is 18.2 Å². The minimum atomic E-state index is -4.61. The highest BCUT2D eigenvalue weighted by atomic mass is 19.4. The molecule has 47 heavy (non-hydrogen) atoms. The van der Waals surface area contributed by atoms with Crippen molar-refractivity contribution >= 4 is 23.5 Å². The number of nitrogens with zero attached hydrogens (tertiary/aromatic N) is 4. The van der Waals surface area contributed by atoms with Crippen molar-refractivity contribution < 1.29 is 41.0 Å². The van der Waals surface area contributed by atoms with Gasteiger partial charge in [-0.3, -0.25) is 19.8 Å². The van der Waals surface area contributed by atoms with E-state index in [9.17, 15) is 36.6 Å². The highest BCUT2D eigenvalue weighted by molar-refractivity contribution is 5.97. The average molecular weight is 666 g/mol. The summed E-state index contributed by atoms with van der Waals surface area (Å²) in [5, 5.41) is 11.9. The van der Waals surface area contributed by atoms with Crippen LogP contribution < -0.4 is 10.2 Å². The second-order valence-electron chi connectivity index (χ2n) is 12.3. The molecule has 5 rings (SSSR count). The van der Waals surface area contributed by atoms with Gasteiger partial charge >= 0.3 is 12.1 Å². The summed E-state index contributed by atoms with van der Waals surface area (Å²) in [6.45, 7) is 3.98. The number of halogens is 6. The Kier molecular flexibility index (Phi) is 9.90. The minimum absolute atomic E-state index is 0.0285. The van der Waals surface area contributed by atoms with Crippen LogP contribution in [0.15, 0.2) is 48.8 Å². The van der Waals surface area contributed by atoms with E-state index in [-0.39, 0.29) is 68.8 Å². The highest BCUT2D eigenvalue weighted by Crippen LogP contribution is 2.43. The summed E-state index contributed by atoms with van der Waals surface area (Å²) in [6, 6.07) is 6.05. The SMILES string of the molecule is CCC(CC)N1C[C@@H](c2ccc(F)cc2F)[C@](F)(C(=O)Nc2nccn2Cc2ccc(C(F)(F)F)cc2N2CCC(C(=O)O)CC2)C1. The number of imidazole rings is 1. The highest BCUT2D eigenvalue weighted by Gasteiger charge is 2.55. The van der Waals surface area contributed by atoms with Crippen LogP contribution in [0.1, 0.15) is 62.1 Å². The first-order valence-corrected chi connectivity index (χ1v) is 15.6. The summed E-state index contributed by atoms with van der Waals surface area (Å²) >= 11 is 0. The number of anilines is 2. The van der Waals surface area contributed by atoms with E-state index in [1.54, 1.807) is 9.80 Å². The molecule has 1 amide bonds. The van der Waals surface area contributed by atoms with Crippen molar-refractivity contribution in [3.8, 4) is 0 Å². The Hall–Kier alpha value is -4.07. The first kappa shape index (κ1) is 34.3. The van der Waals surface area contributed by atoms with Crippen molar-refractivity contribution in [3.05, 3.63) is 77.1 Å². The third-order valence-corrected chi connectivity index (χ3v) is 9.46. The zero-order chi connectivity index (χ0) is 34.1. The van der Waals surface area contributed by atoms with E-state index in [4.69, 9.17) is 0 Å². The molecule has 14 heteroatoms. The summed E-state index contributed by atoms with van der Waals surface area (Å²) in [5.74, 6) is -5.72. The van der Waals surface area contributed by atoms with Crippen LogP contribution >= 0.6 is 0 Å². The Bertz CT molecular complexity index is 1600. The Morgan fingerprint density at radius 2 is 1.79 bits per heavy atom. The van der Waals surface area contributed by atoms with Crippen LogP contribution in [0.3, 0.4) is 0 Å². The number of piperidine rings is 1. The molecule has 0 radical (unpaired) electrons. The minimum Gasteiger partial charge on any atom is -0.481 e. The quantitative estimate of drug-likeness (QED) is 0.242. The van der Waals surface area contributed by atoms with Gasteiger partial charge < -0.3 is 14.6 Å². The van der Waals surface area contributed by atoms with Gasteiger partial charge in [0.25, 0.3) is 5.91 Å². The summed E-state index contributed by atoms with van der Waals surface area (Å²) < 4.78 is 88.2. The Balaban J connectivity index is 1.43. The van der Waals surface area contributed by atoms with Gasteiger partial charge in [-0.05, 0) is 55.0 Å². The van der Waals surface area contributed by atoms with E-state index < -0.39 is 52.8 Å². The lowest BCUT2D eigenvalue weighted by Gasteiger charge is -2.34. The predicted molar refractivity (Wildman–Crippen MR) is 163 cm³/mol. The van der Waals surface area contributed by atoms with Crippen molar-refractivity contribution in [1.29, 1.82) is 0 Å². The van der Waals surface area contributed by atoms with Crippen molar-refractivity contribution in [2.24, 2.45) is 5.92 Å². The molecule has 0 aliphatic carbocycles. The van der Waals surface area contributed by atoms with Gasteiger partial charge in [-0.15, -0.1) is 0 Å². The molecule has 0 unspecified atom stereocenters. The molecule has 2 aliphatic rings. The first-order valence-electron chi connectivity index (χ1n) is 15.6. The van der Waals surface area contributed by atoms with Crippen LogP contribution in [-0.2, 0) is 22.3 Å². The molecule has 0 bridgehead atoms.